The zero-order valence-corrected chi connectivity index (χ0v) is 47.0. The Kier molecular flexibility index (Phi) is 56.8. The van der Waals surface area contributed by atoms with Gasteiger partial charge in [-0.15, -0.1) is 0 Å². The van der Waals surface area contributed by atoms with Crippen LogP contribution >= 0.6 is 0 Å². The summed E-state index contributed by atoms with van der Waals surface area (Å²) in [6, 6.07) is 0. The van der Waals surface area contributed by atoms with Gasteiger partial charge in [-0.3, -0.25) is 14.4 Å². The topological polar surface area (TPSA) is 78.9 Å². The average molecular weight is 992 g/mol. The molecule has 6 heteroatoms. The molecule has 0 heterocycles. The lowest BCUT2D eigenvalue weighted by Crippen LogP contribution is -2.30. The maximum atomic E-state index is 12.9. The molecule has 0 aliphatic carbocycles. The summed E-state index contributed by atoms with van der Waals surface area (Å²) in [5, 5.41) is 0. The van der Waals surface area contributed by atoms with Crippen LogP contribution in [0.3, 0.4) is 0 Å². The first-order chi connectivity index (χ1) is 35.0. The van der Waals surface area contributed by atoms with E-state index in [-0.39, 0.29) is 37.5 Å². The van der Waals surface area contributed by atoms with Crippen LogP contribution in [0.15, 0.2) is 72.9 Å². The van der Waals surface area contributed by atoms with Crippen molar-refractivity contribution in [2.45, 2.75) is 309 Å². The summed E-state index contributed by atoms with van der Waals surface area (Å²) >= 11 is 0. The molecular weight excluding hydrogens is 877 g/mol. The van der Waals surface area contributed by atoms with Gasteiger partial charge in [0.1, 0.15) is 13.2 Å². The Balaban J connectivity index is 4.47. The standard InChI is InChI=1S/C65H114O6/c1-4-7-10-13-16-19-22-25-28-31-34-37-40-43-46-49-52-55-58-64(67)70-61-62(60-69-63(66)57-54-51-48-45-42-39-36-33-30-27-24-21-18-15-12-9-6-3)71-65(68)59-56-53-50-47-44-41-38-35-32-29-26-23-20-17-14-11-8-5-2/h22,25,27-28,30-31,34,36-37,39,45,48,62H,4-21,23-24,26,29,32-33,35,38,40-44,46-47,49-61H2,1-3H3/b25-22-,30-27-,31-28-,37-34-,39-36-,48-45-. The molecule has 0 aliphatic heterocycles. The minimum Gasteiger partial charge on any atom is -0.462 e. The summed E-state index contributed by atoms with van der Waals surface area (Å²) < 4.78 is 16.8. The number of esters is 3. The molecule has 0 aliphatic rings. The molecule has 0 radical (unpaired) electrons. The minimum atomic E-state index is -0.803. The van der Waals surface area contributed by atoms with Crippen LogP contribution in [0.5, 0.6) is 0 Å². The molecule has 0 aromatic carbocycles. The Labute approximate surface area is 440 Å². The van der Waals surface area contributed by atoms with E-state index in [0.29, 0.717) is 19.3 Å². The summed E-state index contributed by atoms with van der Waals surface area (Å²) in [6.07, 6.45) is 76.1. The third-order valence-corrected chi connectivity index (χ3v) is 13.2. The lowest BCUT2D eigenvalue weighted by atomic mass is 10.0. The SMILES string of the molecule is CCCCCCC\C=C/C=C\C=C/CCCCCCCC(=O)OCC(COC(=O)CCC/C=C\C/C=C\C/C=C\CCCCCCCC)OC(=O)CCCCCCCCCCCCCCCCCCCC. The lowest BCUT2D eigenvalue weighted by molar-refractivity contribution is -0.167. The molecule has 0 aromatic heterocycles. The number of carbonyl (C=O) groups excluding carboxylic acids is 3. The van der Waals surface area contributed by atoms with E-state index in [2.05, 4.69) is 93.7 Å². The summed E-state index contributed by atoms with van der Waals surface area (Å²) in [4.78, 5) is 38.2. The summed E-state index contributed by atoms with van der Waals surface area (Å²) in [5.74, 6) is -0.958. The largest absolute Gasteiger partial charge is 0.462 e. The second-order valence-electron chi connectivity index (χ2n) is 20.3. The van der Waals surface area contributed by atoms with Crippen LogP contribution in [0.1, 0.15) is 303 Å². The predicted octanol–water partition coefficient (Wildman–Crippen LogP) is 20.5. The second kappa shape index (κ2) is 59.4. The van der Waals surface area contributed by atoms with Gasteiger partial charge in [0.15, 0.2) is 6.10 Å². The number of hydrogen-bond donors (Lipinski definition) is 0. The van der Waals surface area contributed by atoms with Crippen LogP contribution in [-0.2, 0) is 28.6 Å². The van der Waals surface area contributed by atoms with E-state index in [1.54, 1.807) is 0 Å². The second-order valence-corrected chi connectivity index (χ2v) is 20.3. The fraction of sp³-hybridized carbons (Fsp3) is 0.769. The number of unbranched alkanes of at least 4 members (excludes halogenated alkanes) is 34. The van der Waals surface area contributed by atoms with Gasteiger partial charge in [-0.2, -0.15) is 0 Å². The van der Waals surface area contributed by atoms with E-state index >= 15 is 0 Å². The Hall–Kier alpha value is -3.15. The molecule has 410 valence electrons. The van der Waals surface area contributed by atoms with Gasteiger partial charge in [0.25, 0.3) is 0 Å². The average Bonchev–Trinajstić information content (AvgIpc) is 3.37. The quantitative estimate of drug-likeness (QED) is 0.0199. The Bertz CT molecular complexity index is 1320. The molecule has 6 nitrogen and oxygen atoms in total. The van der Waals surface area contributed by atoms with Gasteiger partial charge in [-0.1, -0.05) is 280 Å². The molecule has 0 rings (SSSR count). The van der Waals surface area contributed by atoms with E-state index in [1.165, 1.54) is 173 Å². The zero-order chi connectivity index (χ0) is 51.4. The molecule has 0 aromatic rings. The summed E-state index contributed by atoms with van der Waals surface area (Å²) in [7, 11) is 0. The maximum Gasteiger partial charge on any atom is 0.306 e. The van der Waals surface area contributed by atoms with Crippen molar-refractivity contribution in [3.05, 3.63) is 72.9 Å². The first-order valence-corrected chi connectivity index (χ1v) is 30.5. The van der Waals surface area contributed by atoms with Gasteiger partial charge in [-0.05, 0) is 77.0 Å². The molecule has 0 saturated carbocycles. The highest BCUT2D eigenvalue weighted by atomic mass is 16.6. The van der Waals surface area contributed by atoms with Crippen molar-refractivity contribution in [1.82, 2.24) is 0 Å². The van der Waals surface area contributed by atoms with Gasteiger partial charge < -0.3 is 14.2 Å². The third-order valence-electron chi connectivity index (χ3n) is 13.2. The van der Waals surface area contributed by atoms with Crippen molar-refractivity contribution in [2.75, 3.05) is 13.2 Å². The van der Waals surface area contributed by atoms with Crippen molar-refractivity contribution in [3.8, 4) is 0 Å². The Morgan fingerprint density at radius 1 is 0.296 bits per heavy atom. The highest BCUT2D eigenvalue weighted by Crippen LogP contribution is 2.16. The highest BCUT2D eigenvalue weighted by Gasteiger charge is 2.19. The minimum absolute atomic E-state index is 0.0994. The highest BCUT2D eigenvalue weighted by molar-refractivity contribution is 5.71. The predicted molar refractivity (Wildman–Crippen MR) is 307 cm³/mol. The van der Waals surface area contributed by atoms with Crippen molar-refractivity contribution >= 4 is 17.9 Å². The van der Waals surface area contributed by atoms with E-state index in [1.807, 2.05) is 0 Å². The van der Waals surface area contributed by atoms with Crippen molar-refractivity contribution in [1.29, 1.82) is 0 Å². The molecule has 0 N–H and O–H groups in total. The van der Waals surface area contributed by atoms with Crippen molar-refractivity contribution in [3.63, 3.8) is 0 Å². The van der Waals surface area contributed by atoms with Crippen molar-refractivity contribution < 1.29 is 28.6 Å². The number of allylic oxidation sites excluding steroid dienone is 12. The first kappa shape index (κ1) is 67.8. The lowest BCUT2D eigenvalue weighted by Gasteiger charge is -2.18. The molecule has 71 heavy (non-hydrogen) atoms. The van der Waals surface area contributed by atoms with Crippen LogP contribution in [0.25, 0.3) is 0 Å². The van der Waals surface area contributed by atoms with Gasteiger partial charge in [0.05, 0.1) is 0 Å². The van der Waals surface area contributed by atoms with E-state index < -0.39 is 6.10 Å². The number of hydrogen-bond acceptors (Lipinski definition) is 6. The maximum absolute atomic E-state index is 12.9. The van der Waals surface area contributed by atoms with E-state index in [9.17, 15) is 14.4 Å². The fourth-order valence-corrected chi connectivity index (χ4v) is 8.64. The summed E-state index contributed by atoms with van der Waals surface area (Å²) in [5.41, 5.74) is 0. The van der Waals surface area contributed by atoms with Gasteiger partial charge in [-0.25, -0.2) is 0 Å². The van der Waals surface area contributed by atoms with Crippen LogP contribution in [0, 0.1) is 0 Å². The number of carbonyl (C=O) groups is 3. The molecule has 0 bridgehead atoms. The Morgan fingerprint density at radius 2 is 0.577 bits per heavy atom. The first-order valence-electron chi connectivity index (χ1n) is 30.5. The van der Waals surface area contributed by atoms with E-state index in [0.717, 1.165) is 83.5 Å². The fourth-order valence-electron chi connectivity index (χ4n) is 8.64. The molecule has 1 unspecified atom stereocenters. The van der Waals surface area contributed by atoms with Crippen LogP contribution < -0.4 is 0 Å². The Morgan fingerprint density at radius 3 is 0.958 bits per heavy atom. The van der Waals surface area contributed by atoms with Gasteiger partial charge in [0.2, 0.25) is 0 Å². The van der Waals surface area contributed by atoms with Crippen molar-refractivity contribution in [2.24, 2.45) is 0 Å². The molecule has 0 amide bonds. The third kappa shape index (κ3) is 57.6. The molecule has 0 saturated heterocycles. The molecule has 0 spiro atoms. The summed E-state index contributed by atoms with van der Waals surface area (Å²) in [6.45, 7) is 6.59. The normalized spacial score (nSPS) is 12.5. The number of rotatable bonds is 55. The van der Waals surface area contributed by atoms with Crippen LogP contribution in [0.2, 0.25) is 0 Å². The van der Waals surface area contributed by atoms with Gasteiger partial charge >= 0.3 is 17.9 Å². The van der Waals surface area contributed by atoms with E-state index in [4.69, 9.17) is 14.2 Å². The molecule has 1 atom stereocenters. The smallest absolute Gasteiger partial charge is 0.306 e. The zero-order valence-electron chi connectivity index (χ0n) is 47.0. The van der Waals surface area contributed by atoms with Crippen LogP contribution in [0.4, 0.5) is 0 Å². The number of ether oxygens (including phenoxy) is 3. The molecule has 0 fully saturated rings. The monoisotopic (exact) mass is 991 g/mol. The van der Waals surface area contributed by atoms with Gasteiger partial charge in [0, 0.05) is 19.3 Å². The molecular formula is C65H114O6. The van der Waals surface area contributed by atoms with Crippen LogP contribution in [-0.4, -0.2) is 37.2 Å².